The van der Waals surface area contributed by atoms with Crippen LogP contribution in [0, 0.1) is 0 Å². The maximum atomic E-state index is 12.6. The second kappa shape index (κ2) is 12.8. The molecule has 0 fully saturated rings. The van der Waals surface area contributed by atoms with Gasteiger partial charge in [-0.25, -0.2) is 18.0 Å². The van der Waals surface area contributed by atoms with Crippen LogP contribution in [0.15, 0.2) is 41.3 Å². The molecule has 2 aromatic carbocycles. The number of aromatic carboxylic acids is 1. The fourth-order valence-electron chi connectivity index (χ4n) is 2.70. The molecule has 0 atom stereocenters. The molecule has 35 heavy (non-hydrogen) atoms. The first-order valence-corrected chi connectivity index (χ1v) is 12.3. The zero-order valence-corrected chi connectivity index (χ0v) is 20.9. The van der Waals surface area contributed by atoms with Crippen LogP contribution < -0.4 is 9.62 Å². The smallest absolute Gasteiger partial charge is 0.478 e. The van der Waals surface area contributed by atoms with Crippen molar-refractivity contribution in [2.24, 2.45) is 0 Å². The van der Waals surface area contributed by atoms with Crippen molar-refractivity contribution in [2.75, 3.05) is 22.7 Å². The molecule has 194 valence electrons. The maximum Gasteiger partial charge on any atom is 0.490 e. The fraction of sp³-hybridized carbons (Fsp3) is 0.333. The number of hydrogen-bond acceptors (Lipinski definition) is 5. The van der Waals surface area contributed by atoms with Gasteiger partial charge < -0.3 is 15.1 Å². The highest BCUT2D eigenvalue weighted by Crippen LogP contribution is 2.29. The molecule has 0 aromatic heterocycles. The van der Waals surface area contributed by atoms with Crippen molar-refractivity contribution in [3.63, 3.8) is 0 Å². The molecule has 0 aliphatic heterocycles. The van der Waals surface area contributed by atoms with Crippen molar-refractivity contribution in [3.05, 3.63) is 52.0 Å². The molecule has 0 radical (unpaired) electrons. The van der Waals surface area contributed by atoms with Gasteiger partial charge in [0.1, 0.15) is 0 Å². The molecule has 0 unspecified atom stereocenters. The van der Waals surface area contributed by atoms with E-state index in [9.17, 15) is 31.5 Å². The monoisotopic (exact) mass is 558 g/mol. The van der Waals surface area contributed by atoms with Crippen molar-refractivity contribution in [1.29, 1.82) is 0 Å². The van der Waals surface area contributed by atoms with Crippen molar-refractivity contribution in [3.8, 4) is 0 Å². The van der Waals surface area contributed by atoms with Crippen LogP contribution in [-0.2, 0) is 14.8 Å². The van der Waals surface area contributed by atoms with Gasteiger partial charge >= 0.3 is 18.1 Å². The number of carbonyl (C=O) groups is 2. The van der Waals surface area contributed by atoms with Gasteiger partial charge in [-0.1, -0.05) is 36.5 Å². The summed E-state index contributed by atoms with van der Waals surface area (Å²) in [5.41, 5.74) is 0.743. The predicted molar refractivity (Wildman–Crippen MR) is 127 cm³/mol. The van der Waals surface area contributed by atoms with Crippen LogP contribution in [0.2, 0.25) is 10.0 Å². The molecule has 2 aromatic rings. The standard InChI is InChI=1S/C19H22Cl2N2O4S.C2HF3O2/c1-3-5-10-23(4-2)18-9-6-13(11-15(18)19(24)25)22-28(26,27)14-7-8-16(20)17(21)12-14;3-2(4,5)1(6)7/h6-9,11-12,22H,3-5,10H2,1-2H3,(H,24,25);(H,6,7). The quantitative estimate of drug-likeness (QED) is 0.357. The first-order valence-electron chi connectivity index (χ1n) is 10.0. The number of carboxylic acid groups (broad SMARTS) is 2. The van der Waals surface area contributed by atoms with Gasteiger partial charge in [0.25, 0.3) is 10.0 Å². The summed E-state index contributed by atoms with van der Waals surface area (Å²) in [5, 5.41) is 17.1. The molecule has 0 aliphatic rings. The molecule has 8 nitrogen and oxygen atoms in total. The molecule has 3 N–H and O–H groups in total. The van der Waals surface area contributed by atoms with E-state index in [2.05, 4.69) is 11.6 Å². The van der Waals surface area contributed by atoms with Crippen LogP contribution in [0.4, 0.5) is 24.5 Å². The minimum absolute atomic E-state index is 0.0345. The molecule has 0 bridgehead atoms. The molecule has 14 heteroatoms. The number of benzene rings is 2. The van der Waals surface area contributed by atoms with Crippen LogP contribution >= 0.6 is 23.2 Å². The van der Waals surface area contributed by atoms with Crippen molar-refractivity contribution in [1.82, 2.24) is 0 Å². The molecule has 0 saturated heterocycles. The number of nitrogens with one attached hydrogen (secondary N) is 1. The first-order chi connectivity index (χ1) is 16.1. The Morgan fingerprint density at radius 2 is 1.63 bits per heavy atom. The van der Waals surface area contributed by atoms with Crippen LogP contribution in [0.25, 0.3) is 0 Å². The largest absolute Gasteiger partial charge is 0.490 e. The number of anilines is 2. The average Bonchev–Trinajstić information content (AvgIpc) is 2.76. The number of rotatable bonds is 9. The Morgan fingerprint density at radius 3 is 2.09 bits per heavy atom. The van der Waals surface area contributed by atoms with E-state index in [-0.39, 0.29) is 26.2 Å². The third-order valence-corrected chi connectivity index (χ3v) is 6.55. The van der Waals surface area contributed by atoms with Gasteiger partial charge in [0, 0.05) is 18.8 Å². The molecule has 0 heterocycles. The van der Waals surface area contributed by atoms with Gasteiger partial charge in [0.05, 0.1) is 26.2 Å². The van der Waals surface area contributed by atoms with Crippen molar-refractivity contribution in [2.45, 2.75) is 37.8 Å². The number of carboxylic acids is 2. The van der Waals surface area contributed by atoms with Gasteiger partial charge in [0.15, 0.2) is 0 Å². The number of halogens is 5. The lowest BCUT2D eigenvalue weighted by atomic mass is 10.1. The summed E-state index contributed by atoms with van der Waals surface area (Å²) in [7, 11) is -3.95. The summed E-state index contributed by atoms with van der Waals surface area (Å²) >= 11 is 11.7. The van der Waals surface area contributed by atoms with E-state index in [0.717, 1.165) is 19.4 Å². The van der Waals surface area contributed by atoms with E-state index < -0.39 is 28.1 Å². The number of unbranched alkanes of at least 4 members (excludes halogenated alkanes) is 1. The summed E-state index contributed by atoms with van der Waals surface area (Å²) in [6.45, 7) is 5.38. The first kappa shape index (κ1) is 30.3. The topological polar surface area (TPSA) is 124 Å². The van der Waals surface area contributed by atoms with Gasteiger partial charge in [-0.3, -0.25) is 4.72 Å². The summed E-state index contributed by atoms with van der Waals surface area (Å²) in [6, 6.07) is 8.44. The summed E-state index contributed by atoms with van der Waals surface area (Å²) in [5.74, 6) is -3.88. The summed E-state index contributed by atoms with van der Waals surface area (Å²) in [4.78, 5) is 22.5. The number of nitrogens with zero attached hydrogens (tertiary/aromatic N) is 1. The summed E-state index contributed by atoms with van der Waals surface area (Å²) < 4.78 is 59.3. The maximum absolute atomic E-state index is 12.6. The number of alkyl halides is 3. The van der Waals surface area contributed by atoms with Crippen LogP contribution in [0.3, 0.4) is 0 Å². The van der Waals surface area contributed by atoms with E-state index in [0.29, 0.717) is 12.2 Å². The number of sulfonamides is 1. The van der Waals surface area contributed by atoms with Gasteiger partial charge in [-0.2, -0.15) is 13.2 Å². The van der Waals surface area contributed by atoms with Crippen LogP contribution in [-0.4, -0.2) is 49.8 Å². The molecule has 0 spiro atoms. The Labute approximate surface area is 210 Å². The van der Waals surface area contributed by atoms with E-state index in [1.807, 2.05) is 11.8 Å². The number of hydrogen-bond donors (Lipinski definition) is 3. The number of aliphatic carboxylic acids is 1. The molecular formula is C21H23Cl2F3N2O6S. The predicted octanol–water partition coefficient (Wildman–Crippen LogP) is 5.75. The molecule has 2 rings (SSSR count). The normalized spacial score (nSPS) is 11.3. The third-order valence-electron chi connectivity index (χ3n) is 4.43. The van der Waals surface area contributed by atoms with Crippen molar-refractivity contribution < 1.29 is 41.4 Å². The Hall–Kier alpha value is -2.70. The Morgan fingerprint density at radius 1 is 1.03 bits per heavy atom. The zero-order chi connectivity index (χ0) is 27.0. The highest BCUT2D eigenvalue weighted by molar-refractivity contribution is 7.92. The Bertz CT molecular complexity index is 1160. The van der Waals surface area contributed by atoms with E-state index >= 15 is 0 Å². The molecular weight excluding hydrogens is 536 g/mol. The van der Waals surface area contributed by atoms with Gasteiger partial charge in [-0.05, 0) is 49.7 Å². The minimum atomic E-state index is -5.08. The van der Waals surface area contributed by atoms with Gasteiger partial charge in [-0.15, -0.1) is 0 Å². The van der Waals surface area contributed by atoms with E-state index in [1.54, 1.807) is 12.1 Å². The van der Waals surface area contributed by atoms with Gasteiger partial charge in [0.2, 0.25) is 0 Å². The Balaban J connectivity index is 0.000000762. The molecule has 0 saturated carbocycles. The van der Waals surface area contributed by atoms with E-state index in [1.165, 1.54) is 24.3 Å². The minimum Gasteiger partial charge on any atom is -0.478 e. The zero-order valence-electron chi connectivity index (χ0n) is 18.6. The summed E-state index contributed by atoms with van der Waals surface area (Å²) in [6.07, 6.45) is -3.17. The molecule has 0 aliphatic carbocycles. The third kappa shape index (κ3) is 9.11. The lowest BCUT2D eigenvalue weighted by molar-refractivity contribution is -0.192. The lowest BCUT2D eigenvalue weighted by Gasteiger charge is -2.25. The van der Waals surface area contributed by atoms with E-state index in [4.69, 9.17) is 33.1 Å². The van der Waals surface area contributed by atoms with Crippen LogP contribution in [0.5, 0.6) is 0 Å². The molecule has 0 amide bonds. The Kier molecular flexibility index (Phi) is 11.1. The highest BCUT2D eigenvalue weighted by atomic mass is 35.5. The highest BCUT2D eigenvalue weighted by Gasteiger charge is 2.38. The SMILES string of the molecule is CCCCN(CC)c1ccc(NS(=O)(=O)c2ccc(Cl)c(Cl)c2)cc1C(=O)O.O=C(O)C(F)(F)F. The second-order valence-electron chi connectivity index (χ2n) is 6.95. The van der Waals surface area contributed by atoms with Crippen molar-refractivity contribution >= 4 is 56.5 Å². The fourth-order valence-corrected chi connectivity index (χ4v) is 4.14. The lowest BCUT2D eigenvalue weighted by Crippen LogP contribution is -2.26. The second-order valence-corrected chi connectivity index (χ2v) is 9.45. The average molecular weight is 559 g/mol. The van der Waals surface area contributed by atoms with Crippen LogP contribution in [0.1, 0.15) is 37.0 Å².